The number of thioether (sulfide) groups is 1. The van der Waals surface area contributed by atoms with Crippen molar-refractivity contribution in [2.75, 3.05) is 23.4 Å². The molecule has 0 amide bonds. The van der Waals surface area contributed by atoms with Crippen molar-refractivity contribution in [3.8, 4) is 0 Å². The van der Waals surface area contributed by atoms with E-state index in [4.69, 9.17) is 11.6 Å². The first-order valence-electron chi connectivity index (χ1n) is 4.82. The van der Waals surface area contributed by atoms with Crippen LogP contribution in [0.15, 0.2) is 18.2 Å². The average Bonchev–Trinajstić information content (AvgIpc) is 2.15. The standard InChI is InChI=1S/C11H16ClNS/c1-3-14-7-6-13-11-5-4-9(2)8-10(11)12/h4-5,8,13H,3,6-7H2,1-2H3. The highest BCUT2D eigenvalue weighted by atomic mass is 35.5. The Labute approximate surface area is 95.2 Å². The second-order valence-corrected chi connectivity index (χ2v) is 4.91. The van der Waals surface area contributed by atoms with Crippen LogP contribution in [0.5, 0.6) is 0 Å². The number of anilines is 1. The molecule has 0 heterocycles. The number of halogens is 1. The van der Waals surface area contributed by atoms with Crippen molar-refractivity contribution in [1.82, 2.24) is 0 Å². The number of benzene rings is 1. The summed E-state index contributed by atoms with van der Waals surface area (Å²) < 4.78 is 0. The molecule has 0 aliphatic heterocycles. The van der Waals surface area contributed by atoms with Gasteiger partial charge in [0.25, 0.3) is 0 Å². The zero-order valence-corrected chi connectivity index (χ0v) is 10.2. The van der Waals surface area contributed by atoms with Gasteiger partial charge in [-0.05, 0) is 30.4 Å². The maximum Gasteiger partial charge on any atom is 0.0640 e. The fourth-order valence-electron chi connectivity index (χ4n) is 1.17. The van der Waals surface area contributed by atoms with Gasteiger partial charge in [-0.25, -0.2) is 0 Å². The monoisotopic (exact) mass is 229 g/mol. The first-order chi connectivity index (χ1) is 6.74. The third kappa shape index (κ3) is 3.81. The van der Waals surface area contributed by atoms with Crippen LogP contribution in [0.2, 0.25) is 5.02 Å². The number of hydrogen-bond donors (Lipinski definition) is 1. The van der Waals surface area contributed by atoms with E-state index in [1.54, 1.807) is 0 Å². The highest BCUT2D eigenvalue weighted by molar-refractivity contribution is 7.99. The van der Waals surface area contributed by atoms with Gasteiger partial charge in [-0.15, -0.1) is 0 Å². The topological polar surface area (TPSA) is 12.0 Å². The summed E-state index contributed by atoms with van der Waals surface area (Å²) in [6.45, 7) is 5.19. The summed E-state index contributed by atoms with van der Waals surface area (Å²) >= 11 is 8.00. The van der Waals surface area contributed by atoms with E-state index in [0.29, 0.717) is 0 Å². The van der Waals surface area contributed by atoms with Crippen molar-refractivity contribution in [2.24, 2.45) is 0 Å². The molecular formula is C11H16ClNS. The van der Waals surface area contributed by atoms with Crippen LogP contribution in [0, 0.1) is 6.92 Å². The molecule has 0 aliphatic rings. The summed E-state index contributed by atoms with van der Waals surface area (Å²) in [5.41, 5.74) is 2.23. The Hall–Kier alpha value is -0.340. The molecule has 3 heteroatoms. The smallest absolute Gasteiger partial charge is 0.0640 e. The van der Waals surface area contributed by atoms with E-state index in [0.717, 1.165) is 23.0 Å². The molecule has 0 bridgehead atoms. The van der Waals surface area contributed by atoms with Crippen LogP contribution in [0.1, 0.15) is 12.5 Å². The summed E-state index contributed by atoms with van der Waals surface area (Å²) in [4.78, 5) is 0. The Morgan fingerprint density at radius 2 is 2.21 bits per heavy atom. The molecule has 1 N–H and O–H groups in total. The minimum Gasteiger partial charge on any atom is -0.383 e. The first kappa shape index (κ1) is 11.7. The van der Waals surface area contributed by atoms with Gasteiger partial charge in [0.2, 0.25) is 0 Å². The minimum absolute atomic E-state index is 0.812. The summed E-state index contributed by atoms with van der Waals surface area (Å²) in [5, 5.41) is 4.13. The zero-order chi connectivity index (χ0) is 10.4. The van der Waals surface area contributed by atoms with Gasteiger partial charge in [0.1, 0.15) is 0 Å². The largest absolute Gasteiger partial charge is 0.383 e. The van der Waals surface area contributed by atoms with E-state index in [9.17, 15) is 0 Å². The molecule has 1 rings (SSSR count). The van der Waals surface area contributed by atoms with Crippen LogP contribution in [-0.4, -0.2) is 18.1 Å². The normalized spacial score (nSPS) is 10.2. The summed E-state index contributed by atoms with van der Waals surface area (Å²) in [6.07, 6.45) is 0. The van der Waals surface area contributed by atoms with Crippen molar-refractivity contribution in [1.29, 1.82) is 0 Å². The van der Waals surface area contributed by atoms with E-state index < -0.39 is 0 Å². The zero-order valence-electron chi connectivity index (χ0n) is 8.64. The molecule has 0 atom stereocenters. The molecule has 1 nitrogen and oxygen atoms in total. The second kappa shape index (κ2) is 6.20. The third-order valence-corrected chi connectivity index (χ3v) is 3.10. The highest BCUT2D eigenvalue weighted by Gasteiger charge is 1.98. The van der Waals surface area contributed by atoms with Gasteiger partial charge in [-0.2, -0.15) is 11.8 Å². The van der Waals surface area contributed by atoms with E-state index in [-0.39, 0.29) is 0 Å². The average molecular weight is 230 g/mol. The molecule has 14 heavy (non-hydrogen) atoms. The van der Waals surface area contributed by atoms with Crippen molar-refractivity contribution < 1.29 is 0 Å². The van der Waals surface area contributed by atoms with Crippen molar-refractivity contribution in [3.63, 3.8) is 0 Å². The molecule has 1 aromatic rings. The lowest BCUT2D eigenvalue weighted by Gasteiger charge is -2.08. The number of nitrogens with one attached hydrogen (secondary N) is 1. The van der Waals surface area contributed by atoms with Gasteiger partial charge in [0.15, 0.2) is 0 Å². The predicted molar refractivity (Wildman–Crippen MR) is 67.7 cm³/mol. The van der Waals surface area contributed by atoms with Crippen LogP contribution in [0.3, 0.4) is 0 Å². The molecule has 0 saturated heterocycles. The summed E-state index contributed by atoms with van der Waals surface area (Å²) in [5.74, 6) is 2.30. The maximum atomic E-state index is 6.07. The van der Waals surface area contributed by atoms with Crippen LogP contribution < -0.4 is 5.32 Å². The molecule has 1 aromatic carbocycles. The van der Waals surface area contributed by atoms with Crippen molar-refractivity contribution in [2.45, 2.75) is 13.8 Å². The maximum absolute atomic E-state index is 6.07. The molecular weight excluding hydrogens is 214 g/mol. The molecule has 0 fully saturated rings. The number of aryl methyl sites for hydroxylation is 1. The highest BCUT2D eigenvalue weighted by Crippen LogP contribution is 2.22. The SMILES string of the molecule is CCSCCNc1ccc(C)cc1Cl. The molecule has 0 unspecified atom stereocenters. The van der Waals surface area contributed by atoms with Crippen LogP contribution in [0.4, 0.5) is 5.69 Å². The van der Waals surface area contributed by atoms with Gasteiger partial charge in [-0.3, -0.25) is 0 Å². The van der Waals surface area contributed by atoms with E-state index in [1.165, 1.54) is 11.3 Å². The van der Waals surface area contributed by atoms with Gasteiger partial charge in [-0.1, -0.05) is 24.6 Å². The van der Waals surface area contributed by atoms with Crippen LogP contribution >= 0.6 is 23.4 Å². The van der Waals surface area contributed by atoms with Crippen molar-refractivity contribution >= 4 is 29.1 Å². The second-order valence-electron chi connectivity index (χ2n) is 3.11. The van der Waals surface area contributed by atoms with E-state index in [1.807, 2.05) is 30.8 Å². The Balaban J connectivity index is 2.42. The Bertz CT molecular complexity index is 289. The first-order valence-corrected chi connectivity index (χ1v) is 6.35. The Morgan fingerprint density at radius 3 is 2.86 bits per heavy atom. The van der Waals surface area contributed by atoms with Gasteiger partial charge < -0.3 is 5.32 Å². The summed E-state index contributed by atoms with van der Waals surface area (Å²) in [6, 6.07) is 6.09. The predicted octanol–water partition coefficient (Wildman–Crippen LogP) is 3.81. The van der Waals surface area contributed by atoms with E-state index >= 15 is 0 Å². The van der Waals surface area contributed by atoms with Gasteiger partial charge >= 0.3 is 0 Å². The molecule has 0 radical (unpaired) electrons. The van der Waals surface area contributed by atoms with Gasteiger partial charge in [0, 0.05) is 12.3 Å². The van der Waals surface area contributed by atoms with Crippen LogP contribution in [-0.2, 0) is 0 Å². The third-order valence-electron chi connectivity index (χ3n) is 1.89. The van der Waals surface area contributed by atoms with Crippen molar-refractivity contribution in [3.05, 3.63) is 28.8 Å². The molecule has 78 valence electrons. The molecule has 0 aromatic heterocycles. The fraction of sp³-hybridized carbons (Fsp3) is 0.455. The lowest BCUT2D eigenvalue weighted by atomic mass is 10.2. The number of hydrogen-bond acceptors (Lipinski definition) is 2. The quantitative estimate of drug-likeness (QED) is 0.771. The molecule has 0 aliphatic carbocycles. The number of rotatable bonds is 5. The molecule has 0 saturated carbocycles. The Kier molecular flexibility index (Phi) is 5.20. The fourth-order valence-corrected chi connectivity index (χ4v) is 2.00. The summed E-state index contributed by atoms with van der Waals surface area (Å²) in [7, 11) is 0. The van der Waals surface area contributed by atoms with Crippen LogP contribution in [0.25, 0.3) is 0 Å². The Morgan fingerprint density at radius 1 is 1.43 bits per heavy atom. The lowest BCUT2D eigenvalue weighted by Crippen LogP contribution is -2.04. The molecule has 0 spiro atoms. The minimum atomic E-state index is 0.812. The van der Waals surface area contributed by atoms with Gasteiger partial charge in [0.05, 0.1) is 10.7 Å². The lowest BCUT2D eigenvalue weighted by molar-refractivity contribution is 1.22. The van der Waals surface area contributed by atoms with E-state index in [2.05, 4.69) is 18.3 Å².